The molecule has 3 N–H and O–H groups in total. The molecule has 2 rings (SSSR count). The maximum atomic E-state index is 11.7. The van der Waals surface area contributed by atoms with E-state index < -0.39 is 34.0 Å². The number of benzene rings is 2. The lowest BCUT2D eigenvalue weighted by molar-refractivity contribution is -0.385. The first-order valence-electron chi connectivity index (χ1n) is 7.31. The fourth-order valence-electron chi connectivity index (χ4n) is 2.60. The van der Waals surface area contributed by atoms with Crippen LogP contribution in [-0.4, -0.2) is 33.3 Å². The van der Waals surface area contributed by atoms with Gasteiger partial charge < -0.3 is 20.1 Å². The minimum Gasteiger partial charge on any atom is -0.508 e. The van der Waals surface area contributed by atoms with Gasteiger partial charge in [0.1, 0.15) is 11.5 Å². The highest BCUT2D eigenvalue weighted by Crippen LogP contribution is 2.36. The van der Waals surface area contributed by atoms with Crippen molar-refractivity contribution in [2.75, 3.05) is 7.11 Å². The van der Waals surface area contributed by atoms with Gasteiger partial charge in [-0.2, -0.15) is 0 Å². The fraction of sp³-hybridized carbons (Fsp3) is 0.235. The summed E-state index contributed by atoms with van der Waals surface area (Å²) in [7, 11) is 1.50. The summed E-state index contributed by atoms with van der Waals surface area (Å²) in [5, 5.41) is 39.9. The lowest BCUT2D eigenvalue weighted by Crippen LogP contribution is -2.15. The molecule has 0 aliphatic carbocycles. The Balaban J connectivity index is 2.44. The molecule has 0 aliphatic heterocycles. The second-order valence-corrected chi connectivity index (χ2v) is 5.55. The van der Waals surface area contributed by atoms with E-state index >= 15 is 0 Å². The molecule has 25 heavy (non-hydrogen) atoms. The molecule has 132 valence electrons. The second-order valence-electron chi connectivity index (χ2n) is 5.55. The van der Waals surface area contributed by atoms with Crippen molar-refractivity contribution < 1.29 is 29.8 Å². The van der Waals surface area contributed by atoms with Crippen LogP contribution in [0.5, 0.6) is 17.2 Å². The molecule has 0 aliphatic rings. The van der Waals surface area contributed by atoms with Gasteiger partial charge in [-0.05, 0) is 30.5 Å². The van der Waals surface area contributed by atoms with Crippen LogP contribution in [0.15, 0.2) is 30.3 Å². The van der Waals surface area contributed by atoms with Gasteiger partial charge in [-0.25, -0.2) is 0 Å². The SMILES string of the molecule is COc1ccc(C(Cc2cc([N+](=O)[O-])c(O)cc2O)C(=O)O)cc1C. The number of ether oxygens (including phenoxy) is 1. The largest absolute Gasteiger partial charge is 0.508 e. The number of aromatic hydroxyl groups is 2. The number of hydrogen-bond donors (Lipinski definition) is 3. The Morgan fingerprint density at radius 3 is 2.44 bits per heavy atom. The summed E-state index contributed by atoms with van der Waals surface area (Å²) in [6, 6.07) is 6.71. The van der Waals surface area contributed by atoms with Crippen LogP contribution in [0.25, 0.3) is 0 Å². The van der Waals surface area contributed by atoms with Gasteiger partial charge in [0.25, 0.3) is 0 Å². The predicted octanol–water partition coefficient (Wildman–Crippen LogP) is 2.73. The summed E-state index contributed by atoms with van der Waals surface area (Å²) in [6.45, 7) is 1.77. The molecule has 0 radical (unpaired) electrons. The van der Waals surface area contributed by atoms with Crippen LogP contribution in [-0.2, 0) is 11.2 Å². The number of hydrogen-bond acceptors (Lipinski definition) is 6. The van der Waals surface area contributed by atoms with E-state index in [0.717, 1.165) is 17.7 Å². The summed E-state index contributed by atoms with van der Waals surface area (Å²) < 4.78 is 5.14. The maximum absolute atomic E-state index is 11.7. The minimum absolute atomic E-state index is 0.0605. The van der Waals surface area contributed by atoms with Crippen molar-refractivity contribution in [2.45, 2.75) is 19.3 Å². The predicted molar refractivity (Wildman–Crippen MR) is 88.2 cm³/mol. The molecule has 8 heteroatoms. The molecule has 0 aromatic heterocycles. The minimum atomic E-state index is -1.14. The molecule has 0 bridgehead atoms. The van der Waals surface area contributed by atoms with Crippen LogP contribution >= 0.6 is 0 Å². The van der Waals surface area contributed by atoms with Gasteiger partial charge >= 0.3 is 11.7 Å². The first kappa shape index (κ1) is 18.1. The van der Waals surface area contributed by atoms with E-state index in [1.165, 1.54) is 7.11 Å². The smallest absolute Gasteiger partial charge is 0.311 e. The quantitative estimate of drug-likeness (QED) is 0.541. The molecule has 0 spiro atoms. The van der Waals surface area contributed by atoms with Gasteiger partial charge in [-0.15, -0.1) is 0 Å². The van der Waals surface area contributed by atoms with Crippen LogP contribution in [0.1, 0.15) is 22.6 Å². The Labute approximate surface area is 143 Å². The number of phenolic OH excluding ortho intramolecular Hbond substituents is 2. The normalized spacial score (nSPS) is 11.8. The highest BCUT2D eigenvalue weighted by molar-refractivity contribution is 5.77. The summed E-state index contributed by atoms with van der Waals surface area (Å²) in [6.07, 6.45) is -0.173. The average molecular weight is 347 g/mol. The van der Waals surface area contributed by atoms with Crippen LogP contribution < -0.4 is 4.74 Å². The van der Waals surface area contributed by atoms with Crippen LogP contribution in [0.4, 0.5) is 5.69 Å². The van der Waals surface area contributed by atoms with Crippen molar-refractivity contribution in [1.82, 2.24) is 0 Å². The molecular weight excluding hydrogens is 330 g/mol. The lowest BCUT2D eigenvalue weighted by Gasteiger charge is -2.16. The number of methoxy groups -OCH3 is 1. The topological polar surface area (TPSA) is 130 Å². The number of aliphatic carboxylic acids is 1. The summed E-state index contributed by atoms with van der Waals surface area (Å²) >= 11 is 0. The maximum Gasteiger partial charge on any atom is 0.311 e. The average Bonchev–Trinajstić information content (AvgIpc) is 2.53. The summed E-state index contributed by atoms with van der Waals surface area (Å²) in [4.78, 5) is 21.8. The molecular formula is C17H17NO7. The molecule has 0 fully saturated rings. The van der Waals surface area contributed by atoms with E-state index in [0.29, 0.717) is 11.3 Å². The van der Waals surface area contributed by atoms with Crippen molar-refractivity contribution in [3.63, 3.8) is 0 Å². The third kappa shape index (κ3) is 3.79. The van der Waals surface area contributed by atoms with Gasteiger partial charge in [0.05, 0.1) is 18.0 Å². The number of nitro benzene ring substituents is 1. The third-order valence-electron chi connectivity index (χ3n) is 3.92. The van der Waals surface area contributed by atoms with E-state index in [4.69, 9.17) is 4.74 Å². The molecule has 8 nitrogen and oxygen atoms in total. The fourth-order valence-corrected chi connectivity index (χ4v) is 2.60. The number of carboxylic acids is 1. The van der Waals surface area contributed by atoms with Gasteiger partial charge in [0.2, 0.25) is 0 Å². The number of rotatable bonds is 6. The molecule has 0 heterocycles. The standard InChI is InChI=1S/C17H17NO7/c1-9-5-10(3-4-16(9)25-2)12(17(21)22)6-11-7-13(18(23)24)15(20)8-14(11)19/h3-5,7-8,12,19-20H,6H2,1-2H3,(H,21,22). The van der Waals surface area contributed by atoms with E-state index in [2.05, 4.69) is 0 Å². The molecule has 0 saturated carbocycles. The highest BCUT2D eigenvalue weighted by Gasteiger charge is 2.25. The Morgan fingerprint density at radius 2 is 1.92 bits per heavy atom. The van der Waals surface area contributed by atoms with Crippen molar-refractivity contribution in [1.29, 1.82) is 0 Å². The molecule has 1 atom stereocenters. The number of aryl methyl sites for hydroxylation is 1. The van der Waals surface area contributed by atoms with Crippen molar-refractivity contribution in [2.24, 2.45) is 0 Å². The van der Waals surface area contributed by atoms with E-state index in [1.54, 1.807) is 25.1 Å². The molecule has 0 amide bonds. The molecule has 1 unspecified atom stereocenters. The Kier molecular flexibility index (Phi) is 5.11. The van der Waals surface area contributed by atoms with E-state index in [1.807, 2.05) is 0 Å². The Bertz CT molecular complexity index is 832. The number of phenols is 2. The van der Waals surface area contributed by atoms with Gasteiger partial charge in [-0.3, -0.25) is 14.9 Å². The van der Waals surface area contributed by atoms with E-state index in [9.17, 15) is 30.2 Å². The van der Waals surface area contributed by atoms with Gasteiger partial charge in [0, 0.05) is 17.7 Å². The number of nitro groups is 1. The van der Waals surface area contributed by atoms with Crippen LogP contribution in [0.2, 0.25) is 0 Å². The summed E-state index contributed by atoms with van der Waals surface area (Å²) in [5.74, 6) is -2.65. The first-order valence-corrected chi connectivity index (χ1v) is 7.31. The zero-order chi connectivity index (χ0) is 18.7. The van der Waals surface area contributed by atoms with Crippen LogP contribution in [0, 0.1) is 17.0 Å². The van der Waals surface area contributed by atoms with Crippen molar-refractivity contribution in [3.8, 4) is 17.2 Å². The van der Waals surface area contributed by atoms with E-state index in [-0.39, 0.29) is 12.0 Å². The first-order chi connectivity index (χ1) is 11.7. The molecule has 2 aromatic rings. The number of carbonyl (C=O) groups is 1. The summed E-state index contributed by atoms with van der Waals surface area (Å²) in [5.41, 5.74) is 0.682. The zero-order valence-corrected chi connectivity index (χ0v) is 13.6. The van der Waals surface area contributed by atoms with Gasteiger partial charge in [0.15, 0.2) is 5.75 Å². The molecule has 0 saturated heterocycles. The second kappa shape index (κ2) is 7.08. The monoisotopic (exact) mass is 347 g/mol. The molecule has 2 aromatic carbocycles. The Morgan fingerprint density at radius 1 is 1.24 bits per heavy atom. The van der Waals surface area contributed by atoms with Crippen LogP contribution in [0.3, 0.4) is 0 Å². The number of nitrogens with zero attached hydrogens (tertiary/aromatic N) is 1. The van der Waals surface area contributed by atoms with Crippen molar-refractivity contribution in [3.05, 3.63) is 57.1 Å². The van der Waals surface area contributed by atoms with Crippen molar-refractivity contribution >= 4 is 11.7 Å². The van der Waals surface area contributed by atoms with Gasteiger partial charge in [-0.1, -0.05) is 12.1 Å². The number of carboxylic acid groups (broad SMARTS) is 1. The lowest BCUT2D eigenvalue weighted by atomic mass is 9.90. The zero-order valence-electron chi connectivity index (χ0n) is 13.6. The highest BCUT2D eigenvalue weighted by atomic mass is 16.6. The third-order valence-corrected chi connectivity index (χ3v) is 3.92. The Hall–Kier alpha value is -3.29.